The molecule has 0 aromatic carbocycles. The number of rotatable bonds is 5. The highest BCUT2D eigenvalue weighted by atomic mass is 31.2. The predicted octanol–water partition coefficient (Wildman–Crippen LogP) is 3.26. The van der Waals surface area contributed by atoms with E-state index in [4.69, 9.17) is 13.6 Å². The molecule has 0 amide bonds. The fraction of sp³-hybridized carbons (Fsp3) is 0.909. The van der Waals surface area contributed by atoms with Crippen LogP contribution in [0.25, 0.3) is 0 Å². The number of hydrogen-bond donors (Lipinski definition) is 0. The first-order chi connectivity index (χ1) is 7.83. The Morgan fingerprint density at radius 1 is 1.00 bits per heavy atom. The third-order valence-electron chi connectivity index (χ3n) is 1.24. The summed E-state index contributed by atoms with van der Waals surface area (Å²) >= 11 is 0. The summed E-state index contributed by atoms with van der Waals surface area (Å²) in [6.07, 6.45) is 0. The number of phosphoric ester groups is 1. The average Bonchev–Trinajstić information content (AvgIpc) is 1.93. The quantitative estimate of drug-likeness (QED) is 0.438. The predicted molar refractivity (Wildman–Crippen MR) is 67.0 cm³/mol. The summed E-state index contributed by atoms with van der Waals surface area (Å²) in [5, 5.41) is 0. The lowest BCUT2D eigenvalue weighted by Gasteiger charge is -2.30. The highest BCUT2D eigenvalue weighted by Gasteiger charge is 2.37. The van der Waals surface area contributed by atoms with Crippen LogP contribution in [0.4, 0.5) is 0 Å². The average molecular weight is 282 g/mol. The maximum absolute atomic E-state index is 12.4. The van der Waals surface area contributed by atoms with Gasteiger partial charge in [0.1, 0.15) is 0 Å². The topological polar surface area (TPSA) is 71.1 Å². The van der Waals surface area contributed by atoms with Crippen LogP contribution in [0.5, 0.6) is 0 Å². The van der Waals surface area contributed by atoms with E-state index in [2.05, 4.69) is 4.74 Å². The summed E-state index contributed by atoms with van der Waals surface area (Å²) in [5.74, 6) is -0.534. The molecule has 0 atom stereocenters. The molecule has 0 unspecified atom stereocenters. The molecule has 7 heteroatoms. The fourth-order valence-corrected chi connectivity index (χ4v) is 2.58. The maximum Gasteiger partial charge on any atom is 0.478 e. The first kappa shape index (κ1) is 17.6. The molecule has 0 radical (unpaired) electrons. The van der Waals surface area contributed by atoms with Gasteiger partial charge in [-0.2, -0.15) is 0 Å². The molecular weight excluding hydrogens is 259 g/mol. The van der Waals surface area contributed by atoms with Crippen LogP contribution in [0.1, 0.15) is 48.5 Å². The highest BCUT2D eigenvalue weighted by Crippen LogP contribution is 2.55. The van der Waals surface area contributed by atoms with Crippen molar-refractivity contribution in [2.45, 2.75) is 59.7 Å². The normalized spacial score (nSPS) is 13.5. The molecule has 0 heterocycles. The molecule has 0 saturated carbocycles. The van der Waals surface area contributed by atoms with Gasteiger partial charge in [0.25, 0.3) is 0 Å². The summed E-state index contributed by atoms with van der Waals surface area (Å²) < 4.78 is 32.5. The molecule has 0 aliphatic rings. The molecule has 0 N–H and O–H groups in total. The maximum atomic E-state index is 12.4. The number of ether oxygens (including phenoxy) is 1. The van der Waals surface area contributed by atoms with Gasteiger partial charge in [-0.05, 0) is 41.5 Å². The van der Waals surface area contributed by atoms with E-state index in [9.17, 15) is 9.36 Å². The molecule has 0 bridgehead atoms. The van der Waals surface area contributed by atoms with Crippen LogP contribution in [0.2, 0.25) is 0 Å². The zero-order valence-corrected chi connectivity index (χ0v) is 13.0. The van der Waals surface area contributed by atoms with Crippen LogP contribution in [-0.4, -0.2) is 24.0 Å². The monoisotopic (exact) mass is 282 g/mol. The van der Waals surface area contributed by atoms with Crippen molar-refractivity contribution in [1.82, 2.24) is 0 Å². The minimum Gasteiger partial charge on any atom is -0.438 e. The molecule has 18 heavy (non-hydrogen) atoms. The SMILES string of the molecule is CC(=O)OCOP(=O)(OC(C)(C)C)OC(C)(C)C. The van der Waals surface area contributed by atoms with E-state index in [-0.39, 0.29) is 0 Å². The van der Waals surface area contributed by atoms with Crippen LogP contribution < -0.4 is 0 Å². The third kappa shape index (κ3) is 9.59. The third-order valence-corrected chi connectivity index (χ3v) is 3.21. The molecular formula is C11H23O6P. The van der Waals surface area contributed by atoms with E-state index in [1.807, 2.05) is 0 Å². The van der Waals surface area contributed by atoms with Crippen molar-refractivity contribution >= 4 is 13.8 Å². The minimum absolute atomic E-state index is 0.473. The van der Waals surface area contributed by atoms with Gasteiger partial charge in [-0.25, -0.2) is 9.09 Å². The number of phosphoric acid groups is 1. The Bertz CT molecular complexity index is 305. The molecule has 108 valence electrons. The first-order valence-corrected chi connectivity index (χ1v) is 7.08. The number of carbonyl (C=O) groups excluding carboxylic acids is 1. The van der Waals surface area contributed by atoms with E-state index in [1.165, 1.54) is 6.92 Å². The van der Waals surface area contributed by atoms with E-state index < -0.39 is 31.8 Å². The van der Waals surface area contributed by atoms with Crippen LogP contribution >= 0.6 is 7.82 Å². The van der Waals surface area contributed by atoms with E-state index in [1.54, 1.807) is 41.5 Å². The summed E-state index contributed by atoms with van der Waals surface area (Å²) in [4.78, 5) is 10.6. The lowest BCUT2D eigenvalue weighted by Crippen LogP contribution is -2.25. The van der Waals surface area contributed by atoms with E-state index >= 15 is 0 Å². The Labute approximate surface area is 109 Å². The van der Waals surface area contributed by atoms with Crippen molar-refractivity contribution in [3.05, 3.63) is 0 Å². The Kier molecular flexibility index (Phi) is 6.01. The van der Waals surface area contributed by atoms with Crippen molar-refractivity contribution in [1.29, 1.82) is 0 Å². The highest BCUT2D eigenvalue weighted by molar-refractivity contribution is 7.48. The largest absolute Gasteiger partial charge is 0.478 e. The molecule has 0 rings (SSSR count). The summed E-state index contributed by atoms with van der Waals surface area (Å²) in [6, 6.07) is 0. The van der Waals surface area contributed by atoms with Crippen LogP contribution in [0, 0.1) is 0 Å². The lowest BCUT2D eigenvalue weighted by molar-refractivity contribution is -0.149. The van der Waals surface area contributed by atoms with Crippen molar-refractivity contribution in [3.8, 4) is 0 Å². The molecule has 0 aliphatic carbocycles. The second-order valence-electron chi connectivity index (χ2n) is 5.74. The van der Waals surface area contributed by atoms with Gasteiger partial charge < -0.3 is 4.74 Å². The second kappa shape index (κ2) is 6.15. The van der Waals surface area contributed by atoms with Gasteiger partial charge >= 0.3 is 13.8 Å². The standard InChI is InChI=1S/C11H23O6P/c1-9(12)14-8-15-18(13,16-10(2,3)4)17-11(5,6)7/h8H2,1-7H3. The van der Waals surface area contributed by atoms with Crippen molar-refractivity contribution < 1.29 is 27.7 Å². The van der Waals surface area contributed by atoms with Crippen molar-refractivity contribution in [3.63, 3.8) is 0 Å². The minimum atomic E-state index is -3.80. The lowest BCUT2D eigenvalue weighted by atomic mass is 10.2. The molecule has 0 aromatic rings. The molecule has 0 fully saturated rings. The Morgan fingerprint density at radius 3 is 1.67 bits per heavy atom. The molecule has 0 saturated heterocycles. The summed E-state index contributed by atoms with van der Waals surface area (Å²) in [5.41, 5.74) is -1.42. The van der Waals surface area contributed by atoms with Gasteiger partial charge in [0.05, 0.1) is 11.2 Å². The molecule has 0 aliphatic heterocycles. The molecule has 0 spiro atoms. The van der Waals surface area contributed by atoms with Gasteiger partial charge in [-0.1, -0.05) is 0 Å². The van der Waals surface area contributed by atoms with Crippen LogP contribution in [0.15, 0.2) is 0 Å². The second-order valence-corrected chi connectivity index (χ2v) is 7.26. The van der Waals surface area contributed by atoms with Crippen molar-refractivity contribution in [2.24, 2.45) is 0 Å². The Hall–Kier alpha value is -0.420. The first-order valence-electron chi connectivity index (χ1n) is 5.62. The van der Waals surface area contributed by atoms with Gasteiger partial charge in [0.2, 0.25) is 6.79 Å². The van der Waals surface area contributed by atoms with Gasteiger partial charge in [0, 0.05) is 6.92 Å². The van der Waals surface area contributed by atoms with Crippen LogP contribution in [0.3, 0.4) is 0 Å². The van der Waals surface area contributed by atoms with Gasteiger partial charge in [-0.3, -0.25) is 13.8 Å². The number of carbonyl (C=O) groups is 1. The Morgan fingerprint density at radius 2 is 1.39 bits per heavy atom. The van der Waals surface area contributed by atoms with Crippen LogP contribution in [-0.2, 0) is 27.7 Å². The smallest absolute Gasteiger partial charge is 0.438 e. The number of hydrogen-bond acceptors (Lipinski definition) is 6. The Balaban J connectivity index is 4.71. The summed E-state index contributed by atoms with van der Waals surface area (Å²) in [7, 11) is -3.80. The van der Waals surface area contributed by atoms with Gasteiger partial charge in [0.15, 0.2) is 0 Å². The zero-order valence-electron chi connectivity index (χ0n) is 12.1. The van der Waals surface area contributed by atoms with E-state index in [0.29, 0.717) is 0 Å². The van der Waals surface area contributed by atoms with Crippen molar-refractivity contribution in [2.75, 3.05) is 6.79 Å². The van der Waals surface area contributed by atoms with E-state index in [0.717, 1.165) is 0 Å². The summed E-state index contributed by atoms with van der Waals surface area (Å²) in [6.45, 7) is 11.1. The fourth-order valence-electron chi connectivity index (χ4n) is 0.916. The molecule has 0 aromatic heterocycles. The van der Waals surface area contributed by atoms with Gasteiger partial charge in [-0.15, -0.1) is 0 Å². The molecule has 6 nitrogen and oxygen atoms in total. The zero-order chi connectivity index (χ0) is 14.6. The number of esters is 1.